The van der Waals surface area contributed by atoms with Gasteiger partial charge in [-0.2, -0.15) is 5.10 Å². The van der Waals surface area contributed by atoms with Gasteiger partial charge in [0, 0.05) is 10.6 Å². The molecule has 0 bridgehead atoms. The van der Waals surface area contributed by atoms with E-state index in [9.17, 15) is 9.59 Å². The third-order valence-corrected chi connectivity index (χ3v) is 6.18. The van der Waals surface area contributed by atoms with Crippen molar-refractivity contribution in [3.63, 3.8) is 0 Å². The lowest BCUT2D eigenvalue weighted by atomic mass is 10.2. The van der Waals surface area contributed by atoms with E-state index in [1.54, 1.807) is 67.8 Å². The smallest absolute Gasteiger partial charge is 0.266 e. The molecule has 0 aliphatic carbocycles. The Bertz CT molecular complexity index is 1450. The second-order valence-electron chi connectivity index (χ2n) is 7.19. The Hall–Kier alpha value is -3.82. The molecule has 0 aliphatic heterocycles. The van der Waals surface area contributed by atoms with Crippen LogP contribution in [0.2, 0.25) is 5.02 Å². The molecule has 3 aromatic carbocycles. The molecule has 0 saturated heterocycles. The first-order valence-electron chi connectivity index (χ1n) is 10.4. The molecule has 0 fully saturated rings. The Kier molecular flexibility index (Phi) is 7.69. The number of hydrogen-bond donors (Lipinski definition) is 1. The largest absolute Gasteiger partial charge is 0.493 e. The Morgan fingerprint density at radius 3 is 2.60 bits per heavy atom. The first kappa shape index (κ1) is 24.3. The number of nitrogens with one attached hydrogen (secondary N) is 1. The van der Waals surface area contributed by atoms with Gasteiger partial charge in [0.05, 0.1) is 42.8 Å². The van der Waals surface area contributed by atoms with Crippen molar-refractivity contribution in [2.75, 3.05) is 20.0 Å². The molecule has 4 rings (SSSR count). The maximum absolute atomic E-state index is 13.3. The Morgan fingerprint density at radius 1 is 1.09 bits per heavy atom. The van der Waals surface area contributed by atoms with Crippen LogP contribution in [0.3, 0.4) is 0 Å². The fourth-order valence-corrected chi connectivity index (χ4v) is 4.31. The SMILES string of the molecule is COc1cccc(C=NNC(=O)CSc2nc3ccccc3c(=O)n2-c2ccc(Cl)cc2)c1OC. The van der Waals surface area contributed by atoms with E-state index in [1.165, 1.54) is 17.9 Å². The van der Waals surface area contributed by atoms with Crippen LogP contribution in [0, 0.1) is 0 Å². The molecule has 0 atom stereocenters. The van der Waals surface area contributed by atoms with Crippen LogP contribution < -0.4 is 20.5 Å². The van der Waals surface area contributed by atoms with Gasteiger partial charge in [0.15, 0.2) is 16.7 Å². The van der Waals surface area contributed by atoms with Crippen molar-refractivity contribution in [1.82, 2.24) is 15.0 Å². The number of carbonyl (C=O) groups excluding carboxylic acids is 1. The minimum absolute atomic E-state index is 0.00897. The summed E-state index contributed by atoms with van der Waals surface area (Å²) in [6.07, 6.45) is 1.47. The second kappa shape index (κ2) is 11.1. The maximum atomic E-state index is 13.3. The van der Waals surface area contributed by atoms with E-state index >= 15 is 0 Å². The van der Waals surface area contributed by atoms with E-state index in [2.05, 4.69) is 15.5 Å². The summed E-state index contributed by atoms with van der Waals surface area (Å²) in [4.78, 5) is 30.4. The number of halogens is 1. The monoisotopic (exact) mass is 508 g/mol. The molecule has 1 heterocycles. The van der Waals surface area contributed by atoms with Gasteiger partial charge in [-0.15, -0.1) is 0 Å². The fourth-order valence-electron chi connectivity index (χ4n) is 3.38. The summed E-state index contributed by atoms with van der Waals surface area (Å²) in [5.41, 5.74) is 4.05. The van der Waals surface area contributed by atoms with Crippen molar-refractivity contribution < 1.29 is 14.3 Å². The molecule has 178 valence electrons. The van der Waals surface area contributed by atoms with E-state index in [0.29, 0.717) is 43.8 Å². The van der Waals surface area contributed by atoms with E-state index < -0.39 is 0 Å². The van der Waals surface area contributed by atoms with Crippen molar-refractivity contribution >= 4 is 46.4 Å². The molecule has 0 radical (unpaired) electrons. The molecule has 35 heavy (non-hydrogen) atoms. The van der Waals surface area contributed by atoms with E-state index in [-0.39, 0.29) is 17.2 Å². The zero-order valence-corrected chi connectivity index (χ0v) is 20.5. The lowest BCUT2D eigenvalue weighted by Crippen LogP contribution is -2.24. The molecule has 0 unspecified atom stereocenters. The van der Waals surface area contributed by atoms with E-state index in [4.69, 9.17) is 21.1 Å². The van der Waals surface area contributed by atoms with Crippen LogP contribution in [0.1, 0.15) is 5.56 Å². The van der Waals surface area contributed by atoms with Crippen LogP contribution >= 0.6 is 23.4 Å². The van der Waals surface area contributed by atoms with Gasteiger partial charge in [0.1, 0.15) is 0 Å². The first-order chi connectivity index (χ1) is 17.0. The number of hydrogen-bond acceptors (Lipinski definition) is 7. The Morgan fingerprint density at radius 2 is 1.86 bits per heavy atom. The maximum Gasteiger partial charge on any atom is 0.266 e. The molecular weight excluding hydrogens is 488 g/mol. The van der Waals surface area contributed by atoms with Crippen LogP contribution in [0.5, 0.6) is 11.5 Å². The number of benzene rings is 3. The van der Waals surface area contributed by atoms with Gasteiger partial charge in [-0.1, -0.05) is 41.6 Å². The number of methoxy groups -OCH3 is 2. The van der Waals surface area contributed by atoms with Crippen LogP contribution in [-0.2, 0) is 4.79 Å². The number of nitrogens with zero attached hydrogens (tertiary/aromatic N) is 3. The average molecular weight is 509 g/mol. The van der Waals surface area contributed by atoms with Gasteiger partial charge >= 0.3 is 0 Å². The third-order valence-electron chi connectivity index (χ3n) is 4.99. The second-order valence-corrected chi connectivity index (χ2v) is 8.57. The highest BCUT2D eigenvalue weighted by molar-refractivity contribution is 7.99. The quantitative estimate of drug-likeness (QED) is 0.165. The topological polar surface area (TPSA) is 94.8 Å². The molecule has 4 aromatic rings. The molecular formula is C25H21ClN4O4S. The molecule has 1 N–H and O–H groups in total. The highest BCUT2D eigenvalue weighted by atomic mass is 35.5. The predicted octanol–water partition coefficient (Wildman–Crippen LogP) is 4.30. The zero-order chi connectivity index (χ0) is 24.8. The Balaban J connectivity index is 1.55. The van der Waals surface area contributed by atoms with Crippen molar-refractivity contribution in [3.05, 3.63) is 87.7 Å². The zero-order valence-electron chi connectivity index (χ0n) is 18.9. The molecule has 1 aromatic heterocycles. The molecule has 8 nitrogen and oxygen atoms in total. The summed E-state index contributed by atoms with van der Waals surface area (Å²) in [6, 6.07) is 19.3. The van der Waals surface area contributed by atoms with Crippen LogP contribution in [0.4, 0.5) is 0 Å². The first-order valence-corrected chi connectivity index (χ1v) is 11.8. The number of thioether (sulfide) groups is 1. The number of aromatic nitrogens is 2. The number of fused-ring (bicyclic) bond motifs is 1. The number of hydrazone groups is 1. The van der Waals surface area contributed by atoms with Crippen LogP contribution in [-0.4, -0.2) is 41.6 Å². The van der Waals surface area contributed by atoms with Gasteiger partial charge in [0.2, 0.25) is 0 Å². The van der Waals surface area contributed by atoms with Gasteiger partial charge in [-0.05, 0) is 48.5 Å². The number of rotatable bonds is 8. The number of carbonyl (C=O) groups is 1. The number of para-hydroxylation sites is 2. The summed E-state index contributed by atoms with van der Waals surface area (Å²) in [5.74, 6) is 0.694. The summed E-state index contributed by atoms with van der Waals surface area (Å²) in [5, 5.41) is 5.43. The molecule has 10 heteroatoms. The van der Waals surface area contributed by atoms with Gasteiger partial charge in [0.25, 0.3) is 11.5 Å². The van der Waals surface area contributed by atoms with Crippen LogP contribution in [0.25, 0.3) is 16.6 Å². The summed E-state index contributed by atoms with van der Waals surface area (Å²) < 4.78 is 12.1. The molecule has 0 aliphatic rings. The van der Waals surface area contributed by atoms with E-state index in [0.717, 1.165) is 11.8 Å². The lowest BCUT2D eigenvalue weighted by molar-refractivity contribution is -0.118. The summed E-state index contributed by atoms with van der Waals surface area (Å²) in [6.45, 7) is 0. The molecule has 1 amide bonds. The minimum Gasteiger partial charge on any atom is -0.493 e. The highest BCUT2D eigenvalue weighted by Crippen LogP contribution is 2.29. The normalized spacial score (nSPS) is 11.1. The van der Waals surface area contributed by atoms with Crippen LogP contribution in [0.15, 0.2) is 81.8 Å². The van der Waals surface area contributed by atoms with Crippen molar-refractivity contribution in [3.8, 4) is 17.2 Å². The third kappa shape index (κ3) is 5.47. The summed E-state index contributed by atoms with van der Waals surface area (Å²) in [7, 11) is 3.07. The van der Waals surface area contributed by atoms with Crippen molar-refractivity contribution in [2.45, 2.75) is 5.16 Å². The number of amides is 1. The van der Waals surface area contributed by atoms with Gasteiger partial charge in [-0.25, -0.2) is 10.4 Å². The minimum atomic E-state index is -0.363. The molecule has 0 spiro atoms. The standard InChI is InChI=1S/C25H21ClN4O4S/c1-33-21-9-5-6-16(23(21)34-2)14-27-29-22(31)15-35-25-28-20-8-4-3-7-19(20)24(32)30(25)18-12-10-17(26)11-13-18/h3-14H,15H2,1-2H3,(H,29,31). The van der Waals surface area contributed by atoms with Crippen molar-refractivity contribution in [2.24, 2.45) is 5.10 Å². The predicted molar refractivity (Wildman–Crippen MR) is 138 cm³/mol. The van der Waals surface area contributed by atoms with Gasteiger partial charge in [-0.3, -0.25) is 14.2 Å². The Labute approximate surface area is 210 Å². The highest BCUT2D eigenvalue weighted by Gasteiger charge is 2.15. The van der Waals surface area contributed by atoms with Gasteiger partial charge < -0.3 is 9.47 Å². The fraction of sp³-hybridized carbons (Fsp3) is 0.120. The van der Waals surface area contributed by atoms with E-state index in [1.807, 2.05) is 6.07 Å². The van der Waals surface area contributed by atoms with Crippen molar-refractivity contribution in [1.29, 1.82) is 0 Å². The average Bonchev–Trinajstić information content (AvgIpc) is 2.88. The lowest BCUT2D eigenvalue weighted by Gasteiger charge is -2.13. The molecule has 0 saturated carbocycles. The number of ether oxygens (including phenoxy) is 2. The summed E-state index contributed by atoms with van der Waals surface area (Å²) >= 11 is 7.15.